The zero-order chi connectivity index (χ0) is 12.6. The molecule has 0 bridgehead atoms. The number of hydrogen-bond acceptors (Lipinski definition) is 1. The van der Waals surface area contributed by atoms with Gasteiger partial charge in [-0.3, -0.25) is 0 Å². The average Bonchev–Trinajstić information content (AvgIpc) is 2.45. The largest absolute Gasteiger partial charge is 0.314 e. The van der Waals surface area contributed by atoms with Crippen molar-refractivity contribution in [2.75, 3.05) is 6.54 Å². The third-order valence-corrected chi connectivity index (χ3v) is 4.19. The molecule has 2 rings (SSSR count). The second-order valence-electron chi connectivity index (χ2n) is 5.84. The average molecular weight is 245 g/mol. The van der Waals surface area contributed by atoms with Crippen LogP contribution in [-0.2, 0) is 6.42 Å². The fraction of sp³-hybridized carbons (Fsp3) is 0.647. The number of rotatable bonds is 6. The van der Waals surface area contributed by atoms with E-state index in [0.717, 1.165) is 5.92 Å². The molecule has 0 aliphatic heterocycles. The zero-order valence-electron chi connectivity index (χ0n) is 11.7. The van der Waals surface area contributed by atoms with E-state index in [2.05, 4.69) is 42.6 Å². The van der Waals surface area contributed by atoms with E-state index in [0.29, 0.717) is 6.04 Å². The van der Waals surface area contributed by atoms with Gasteiger partial charge in [-0.2, -0.15) is 0 Å². The molecule has 1 aliphatic rings. The quantitative estimate of drug-likeness (QED) is 0.793. The molecule has 18 heavy (non-hydrogen) atoms. The van der Waals surface area contributed by atoms with E-state index < -0.39 is 0 Å². The SMILES string of the molecule is CC(CCc1ccccc1)NCC1CCCCC1. The molecule has 1 heteroatoms. The van der Waals surface area contributed by atoms with Crippen molar-refractivity contribution in [3.8, 4) is 0 Å². The predicted octanol–water partition coefficient (Wildman–Crippen LogP) is 4.18. The van der Waals surface area contributed by atoms with Gasteiger partial charge < -0.3 is 5.32 Å². The molecule has 1 aromatic carbocycles. The molecule has 0 aromatic heterocycles. The van der Waals surface area contributed by atoms with Gasteiger partial charge in [0.25, 0.3) is 0 Å². The lowest BCUT2D eigenvalue weighted by Crippen LogP contribution is -2.32. The highest BCUT2D eigenvalue weighted by atomic mass is 14.9. The fourth-order valence-corrected chi connectivity index (χ4v) is 2.89. The highest BCUT2D eigenvalue weighted by molar-refractivity contribution is 5.14. The first-order valence-corrected chi connectivity index (χ1v) is 7.62. The van der Waals surface area contributed by atoms with Crippen LogP contribution in [-0.4, -0.2) is 12.6 Å². The minimum atomic E-state index is 0.645. The Morgan fingerprint density at radius 3 is 2.56 bits per heavy atom. The third kappa shape index (κ3) is 4.81. The molecule has 1 unspecified atom stereocenters. The van der Waals surface area contributed by atoms with Gasteiger partial charge in [0.15, 0.2) is 0 Å². The Morgan fingerprint density at radius 2 is 1.83 bits per heavy atom. The van der Waals surface area contributed by atoms with E-state index in [-0.39, 0.29) is 0 Å². The first-order chi connectivity index (χ1) is 8.84. The van der Waals surface area contributed by atoms with Crippen molar-refractivity contribution in [3.63, 3.8) is 0 Å². The van der Waals surface area contributed by atoms with Crippen LogP contribution < -0.4 is 5.32 Å². The second kappa shape index (κ2) is 7.58. The molecular formula is C17H27N. The van der Waals surface area contributed by atoms with Crippen molar-refractivity contribution < 1.29 is 0 Å². The van der Waals surface area contributed by atoms with Crippen LogP contribution in [0.3, 0.4) is 0 Å². The Balaban J connectivity index is 1.61. The summed E-state index contributed by atoms with van der Waals surface area (Å²) in [6, 6.07) is 11.5. The molecule has 1 aliphatic carbocycles. The summed E-state index contributed by atoms with van der Waals surface area (Å²) in [5.74, 6) is 0.943. The van der Waals surface area contributed by atoms with Crippen LogP contribution in [0.15, 0.2) is 30.3 Å². The highest BCUT2D eigenvalue weighted by Gasteiger charge is 2.13. The smallest absolute Gasteiger partial charge is 0.00420 e. The lowest BCUT2D eigenvalue weighted by molar-refractivity contribution is 0.327. The summed E-state index contributed by atoms with van der Waals surface area (Å²) >= 11 is 0. The minimum Gasteiger partial charge on any atom is -0.314 e. The van der Waals surface area contributed by atoms with Gasteiger partial charge >= 0.3 is 0 Å². The molecule has 0 amide bonds. The summed E-state index contributed by atoms with van der Waals surface area (Å²) in [5.41, 5.74) is 1.46. The fourth-order valence-electron chi connectivity index (χ4n) is 2.89. The summed E-state index contributed by atoms with van der Waals surface area (Å²) in [5, 5.41) is 3.72. The van der Waals surface area contributed by atoms with E-state index in [4.69, 9.17) is 0 Å². The van der Waals surface area contributed by atoms with Crippen molar-refractivity contribution >= 4 is 0 Å². The lowest BCUT2D eigenvalue weighted by atomic mass is 9.89. The molecule has 1 aromatic rings. The Morgan fingerprint density at radius 1 is 1.11 bits per heavy atom. The summed E-state index contributed by atoms with van der Waals surface area (Å²) in [6.07, 6.45) is 9.68. The van der Waals surface area contributed by atoms with E-state index in [1.807, 2.05) is 0 Å². The summed E-state index contributed by atoms with van der Waals surface area (Å²) in [4.78, 5) is 0. The van der Waals surface area contributed by atoms with Gasteiger partial charge in [-0.15, -0.1) is 0 Å². The maximum atomic E-state index is 3.72. The molecule has 0 saturated heterocycles. The predicted molar refractivity (Wildman–Crippen MR) is 78.8 cm³/mol. The van der Waals surface area contributed by atoms with Crippen molar-refractivity contribution in [3.05, 3.63) is 35.9 Å². The topological polar surface area (TPSA) is 12.0 Å². The molecule has 0 spiro atoms. The van der Waals surface area contributed by atoms with E-state index in [1.54, 1.807) is 0 Å². The summed E-state index contributed by atoms with van der Waals surface area (Å²) < 4.78 is 0. The van der Waals surface area contributed by atoms with Gasteiger partial charge in [0.2, 0.25) is 0 Å². The van der Waals surface area contributed by atoms with Crippen LogP contribution in [0.4, 0.5) is 0 Å². The molecule has 0 heterocycles. The Bertz CT molecular complexity index is 314. The molecule has 1 atom stereocenters. The Kier molecular flexibility index (Phi) is 5.73. The molecule has 0 radical (unpaired) electrons. The van der Waals surface area contributed by atoms with Crippen molar-refractivity contribution in [2.45, 2.75) is 57.9 Å². The maximum absolute atomic E-state index is 3.72. The maximum Gasteiger partial charge on any atom is 0.00420 e. The number of aryl methyl sites for hydroxylation is 1. The van der Waals surface area contributed by atoms with Crippen molar-refractivity contribution in [1.29, 1.82) is 0 Å². The third-order valence-electron chi connectivity index (χ3n) is 4.19. The van der Waals surface area contributed by atoms with E-state index in [1.165, 1.54) is 57.1 Å². The Labute approximate surface area is 112 Å². The molecule has 1 fully saturated rings. The van der Waals surface area contributed by atoms with Gasteiger partial charge in [0, 0.05) is 6.04 Å². The van der Waals surface area contributed by atoms with Crippen LogP contribution in [0.25, 0.3) is 0 Å². The molecule has 100 valence electrons. The van der Waals surface area contributed by atoms with Crippen LogP contribution in [0.5, 0.6) is 0 Å². The standard InChI is InChI=1S/C17H27N/c1-15(12-13-16-8-4-2-5-9-16)18-14-17-10-6-3-7-11-17/h2,4-5,8-9,15,17-18H,3,6-7,10-14H2,1H3. The Hall–Kier alpha value is -0.820. The highest BCUT2D eigenvalue weighted by Crippen LogP contribution is 2.22. The number of hydrogen-bond donors (Lipinski definition) is 1. The number of benzene rings is 1. The number of nitrogens with one attached hydrogen (secondary N) is 1. The second-order valence-corrected chi connectivity index (χ2v) is 5.84. The van der Waals surface area contributed by atoms with Crippen LogP contribution in [0.2, 0.25) is 0 Å². The lowest BCUT2D eigenvalue weighted by Gasteiger charge is -2.24. The first-order valence-electron chi connectivity index (χ1n) is 7.62. The van der Waals surface area contributed by atoms with Gasteiger partial charge in [0.05, 0.1) is 0 Å². The normalized spacial score (nSPS) is 18.7. The van der Waals surface area contributed by atoms with Gasteiger partial charge in [-0.25, -0.2) is 0 Å². The monoisotopic (exact) mass is 245 g/mol. The van der Waals surface area contributed by atoms with Crippen LogP contribution in [0.1, 0.15) is 51.0 Å². The first kappa shape index (κ1) is 13.6. The van der Waals surface area contributed by atoms with Crippen LogP contribution in [0, 0.1) is 5.92 Å². The molecule has 1 nitrogen and oxygen atoms in total. The minimum absolute atomic E-state index is 0.645. The van der Waals surface area contributed by atoms with E-state index in [9.17, 15) is 0 Å². The summed E-state index contributed by atoms with van der Waals surface area (Å²) in [6.45, 7) is 3.56. The van der Waals surface area contributed by atoms with Crippen LogP contribution >= 0.6 is 0 Å². The molecule has 1 saturated carbocycles. The van der Waals surface area contributed by atoms with Gasteiger partial charge in [0.1, 0.15) is 0 Å². The molecular weight excluding hydrogens is 218 g/mol. The van der Waals surface area contributed by atoms with Gasteiger partial charge in [-0.05, 0) is 50.6 Å². The summed E-state index contributed by atoms with van der Waals surface area (Å²) in [7, 11) is 0. The zero-order valence-corrected chi connectivity index (χ0v) is 11.7. The molecule has 1 N–H and O–H groups in total. The van der Waals surface area contributed by atoms with Crippen molar-refractivity contribution in [2.24, 2.45) is 5.92 Å². The van der Waals surface area contributed by atoms with Crippen molar-refractivity contribution in [1.82, 2.24) is 5.32 Å². The van der Waals surface area contributed by atoms with Gasteiger partial charge in [-0.1, -0.05) is 49.6 Å². The van der Waals surface area contributed by atoms with E-state index >= 15 is 0 Å².